The van der Waals surface area contributed by atoms with Crippen LogP contribution >= 0.6 is 0 Å². The van der Waals surface area contributed by atoms with Crippen molar-refractivity contribution >= 4 is 15.9 Å². The van der Waals surface area contributed by atoms with E-state index < -0.39 is 10.0 Å². The van der Waals surface area contributed by atoms with Gasteiger partial charge in [0.1, 0.15) is 0 Å². The van der Waals surface area contributed by atoms with Crippen LogP contribution in [0, 0.1) is 0 Å². The molecule has 2 aromatic carbocycles. The molecule has 0 fully saturated rings. The normalized spacial score (nSPS) is 12.8. The minimum Gasteiger partial charge on any atom is -0.351 e. The average Bonchev–Trinajstić information content (AvgIpc) is 2.60. The van der Waals surface area contributed by atoms with Gasteiger partial charge in [-0.05, 0) is 35.7 Å². The van der Waals surface area contributed by atoms with Gasteiger partial charge in [0, 0.05) is 26.2 Å². The second-order valence-corrected chi connectivity index (χ2v) is 7.99. The maximum Gasteiger partial charge on any atom is 0.251 e. The van der Waals surface area contributed by atoms with Gasteiger partial charge in [-0.3, -0.25) is 4.79 Å². The molecule has 1 atom stereocenters. The Bertz CT molecular complexity index is 785. The van der Waals surface area contributed by atoms with E-state index in [2.05, 4.69) is 5.32 Å². The van der Waals surface area contributed by atoms with E-state index in [0.717, 1.165) is 9.87 Å². The number of sulfonamides is 1. The summed E-state index contributed by atoms with van der Waals surface area (Å²) in [5.41, 5.74) is 1.60. The van der Waals surface area contributed by atoms with Crippen LogP contribution in [0.3, 0.4) is 0 Å². The van der Waals surface area contributed by atoms with Crippen molar-refractivity contribution in [3.63, 3.8) is 0 Å². The lowest BCUT2D eigenvalue weighted by atomic mass is 10.0. The van der Waals surface area contributed by atoms with Crippen molar-refractivity contribution in [2.75, 3.05) is 20.6 Å². The van der Waals surface area contributed by atoms with E-state index in [0.29, 0.717) is 12.1 Å². The summed E-state index contributed by atoms with van der Waals surface area (Å²) in [6.07, 6.45) is 0. The topological polar surface area (TPSA) is 66.5 Å². The van der Waals surface area contributed by atoms with Gasteiger partial charge in [0.15, 0.2) is 0 Å². The number of hydrogen-bond acceptors (Lipinski definition) is 3. The van der Waals surface area contributed by atoms with E-state index in [-0.39, 0.29) is 16.7 Å². The molecule has 0 radical (unpaired) electrons. The molecule has 0 aliphatic carbocycles. The van der Waals surface area contributed by atoms with E-state index in [4.69, 9.17) is 0 Å². The number of nitrogens with zero attached hydrogens (tertiary/aromatic N) is 1. The quantitative estimate of drug-likeness (QED) is 0.874. The molecule has 2 aromatic rings. The van der Waals surface area contributed by atoms with E-state index in [9.17, 15) is 13.2 Å². The van der Waals surface area contributed by atoms with Crippen LogP contribution in [0.2, 0.25) is 0 Å². The van der Waals surface area contributed by atoms with Crippen LogP contribution in [0.15, 0.2) is 59.5 Å². The Morgan fingerprint density at radius 2 is 1.62 bits per heavy atom. The maximum atomic E-state index is 12.2. The molecule has 0 aromatic heterocycles. The Hall–Kier alpha value is -2.18. The molecule has 0 unspecified atom stereocenters. The van der Waals surface area contributed by atoms with Crippen LogP contribution in [-0.2, 0) is 10.0 Å². The summed E-state index contributed by atoms with van der Waals surface area (Å²) in [5, 5.41) is 2.88. The second kappa shape index (κ2) is 7.59. The zero-order valence-corrected chi connectivity index (χ0v) is 14.9. The number of carbonyl (C=O) groups is 1. The molecule has 0 saturated heterocycles. The SMILES string of the molecule is C[C@H](CNC(=O)c1ccc(S(=O)(=O)N(C)C)cc1)c1ccccc1. The number of carbonyl (C=O) groups excluding carboxylic acids is 1. The maximum absolute atomic E-state index is 12.2. The number of benzene rings is 2. The van der Waals surface area contributed by atoms with Gasteiger partial charge in [0.05, 0.1) is 4.90 Å². The van der Waals surface area contributed by atoms with Gasteiger partial charge in [-0.15, -0.1) is 0 Å². The molecule has 1 amide bonds. The van der Waals surface area contributed by atoms with E-state index >= 15 is 0 Å². The molecule has 0 aliphatic heterocycles. The Morgan fingerprint density at radius 1 is 1.04 bits per heavy atom. The largest absolute Gasteiger partial charge is 0.351 e. The fourth-order valence-corrected chi connectivity index (χ4v) is 3.14. The Kier molecular flexibility index (Phi) is 5.75. The molecule has 0 saturated carbocycles. The zero-order chi connectivity index (χ0) is 17.7. The van der Waals surface area contributed by atoms with Crippen molar-refractivity contribution in [2.45, 2.75) is 17.7 Å². The third-order valence-corrected chi connectivity index (χ3v) is 5.66. The summed E-state index contributed by atoms with van der Waals surface area (Å²) in [6.45, 7) is 2.56. The van der Waals surface area contributed by atoms with Gasteiger partial charge in [0.2, 0.25) is 10.0 Å². The van der Waals surface area contributed by atoms with Crippen molar-refractivity contribution in [1.82, 2.24) is 9.62 Å². The monoisotopic (exact) mass is 346 g/mol. The van der Waals surface area contributed by atoms with Crippen molar-refractivity contribution in [3.05, 3.63) is 65.7 Å². The molecule has 0 spiro atoms. The van der Waals surface area contributed by atoms with Crippen LogP contribution in [0.1, 0.15) is 28.8 Å². The van der Waals surface area contributed by atoms with E-state index in [1.165, 1.54) is 38.4 Å². The number of amides is 1. The third kappa shape index (κ3) is 4.21. The third-order valence-electron chi connectivity index (χ3n) is 3.83. The highest BCUT2D eigenvalue weighted by molar-refractivity contribution is 7.89. The van der Waals surface area contributed by atoms with Crippen LogP contribution < -0.4 is 5.32 Å². The first kappa shape index (κ1) is 18.2. The summed E-state index contributed by atoms with van der Waals surface area (Å²) in [7, 11) is -0.533. The van der Waals surface area contributed by atoms with Crippen LogP contribution in [0.4, 0.5) is 0 Å². The molecule has 0 heterocycles. The van der Waals surface area contributed by atoms with Gasteiger partial charge < -0.3 is 5.32 Å². The first-order valence-corrected chi connectivity index (χ1v) is 9.12. The predicted molar refractivity (Wildman–Crippen MR) is 94.5 cm³/mol. The van der Waals surface area contributed by atoms with Crippen LogP contribution in [-0.4, -0.2) is 39.3 Å². The zero-order valence-electron chi connectivity index (χ0n) is 14.1. The van der Waals surface area contributed by atoms with Crippen molar-refractivity contribution in [3.8, 4) is 0 Å². The van der Waals surface area contributed by atoms with Gasteiger partial charge in [-0.2, -0.15) is 0 Å². The van der Waals surface area contributed by atoms with E-state index in [1.807, 2.05) is 37.3 Å². The van der Waals surface area contributed by atoms with Crippen molar-refractivity contribution in [1.29, 1.82) is 0 Å². The smallest absolute Gasteiger partial charge is 0.251 e. The lowest BCUT2D eigenvalue weighted by molar-refractivity contribution is 0.0951. The van der Waals surface area contributed by atoms with Gasteiger partial charge >= 0.3 is 0 Å². The van der Waals surface area contributed by atoms with Gasteiger partial charge in [0.25, 0.3) is 5.91 Å². The lowest BCUT2D eigenvalue weighted by Gasteiger charge is -2.14. The molecule has 6 heteroatoms. The highest BCUT2D eigenvalue weighted by atomic mass is 32.2. The Balaban J connectivity index is 2.01. The summed E-state index contributed by atoms with van der Waals surface area (Å²) in [4.78, 5) is 12.4. The first-order valence-electron chi connectivity index (χ1n) is 7.68. The second-order valence-electron chi connectivity index (χ2n) is 5.83. The van der Waals surface area contributed by atoms with Gasteiger partial charge in [-0.1, -0.05) is 37.3 Å². The molecular weight excluding hydrogens is 324 g/mol. The minimum atomic E-state index is -3.48. The molecule has 128 valence electrons. The van der Waals surface area contributed by atoms with Crippen molar-refractivity contribution in [2.24, 2.45) is 0 Å². The fourth-order valence-electron chi connectivity index (χ4n) is 2.24. The summed E-state index contributed by atoms with van der Waals surface area (Å²) >= 11 is 0. The predicted octanol–water partition coefficient (Wildman–Crippen LogP) is 2.47. The number of rotatable bonds is 6. The fraction of sp³-hybridized carbons (Fsp3) is 0.278. The highest BCUT2D eigenvalue weighted by Crippen LogP contribution is 2.15. The first-order chi connectivity index (χ1) is 11.3. The summed E-state index contributed by atoms with van der Waals surface area (Å²) < 4.78 is 25.2. The number of hydrogen-bond donors (Lipinski definition) is 1. The molecule has 2 rings (SSSR count). The summed E-state index contributed by atoms with van der Waals surface area (Å²) in [5.74, 6) is -0.0184. The van der Waals surface area contributed by atoms with Crippen LogP contribution in [0.25, 0.3) is 0 Å². The minimum absolute atomic E-state index is 0.168. The Morgan fingerprint density at radius 3 is 2.17 bits per heavy atom. The van der Waals surface area contributed by atoms with Crippen molar-refractivity contribution < 1.29 is 13.2 Å². The molecule has 0 bridgehead atoms. The lowest BCUT2D eigenvalue weighted by Crippen LogP contribution is -2.27. The average molecular weight is 346 g/mol. The number of nitrogens with one attached hydrogen (secondary N) is 1. The summed E-state index contributed by atoms with van der Waals surface area (Å²) in [6, 6.07) is 15.9. The highest BCUT2D eigenvalue weighted by Gasteiger charge is 2.17. The molecule has 1 N–H and O–H groups in total. The van der Waals surface area contributed by atoms with Gasteiger partial charge in [-0.25, -0.2) is 12.7 Å². The standard InChI is InChI=1S/C18H22N2O3S/c1-14(15-7-5-4-6-8-15)13-19-18(21)16-9-11-17(12-10-16)24(22,23)20(2)3/h4-12,14H,13H2,1-3H3,(H,19,21)/t14-/m1/s1. The molecule has 0 aliphatic rings. The molecule has 24 heavy (non-hydrogen) atoms. The van der Waals surface area contributed by atoms with Crippen LogP contribution in [0.5, 0.6) is 0 Å². The molecule has 5 nitrogen and oxygen atoms in total. The molecular formula is C18H22N2O3S. The Labute approximate surface area is 143 Å². The van der Waals surface area contributed by atoms with E-state index in [1.54, 1.807) is 0 Å².